The van der Waals surface area contributed by atoms with Crippen LogP contribution in [0.4, 0.5) is 0 Å². The molecule has 0 aliphatic heterocycles. The van der Waals surface area contributed by atoms with Crippen molar-refractivity contribution in [1.82, 2.24) is 14.5 Å². The Kier molecular flexibility index (Phi) is 2.44. The van der Waals surface area contributed by atoms with Gasteiger partial charge in [0.25, 0.3) is 0 Å². The molecule has 0 saturated heterocycles. The minimum atomic E-state index is -0.0301. The van der Waals surface area contributed by atoms with Crippen LogP contribution in [0.15, 0.2) is 37.1 Å². The van der Waals surface area contributed by atoms with Gasteiger partial charge in [-0.3, -0.25) is 4.98 Å². The summed E-state index contributed by atoms with van der Waals surface area (Å²) < 4.78 is 2.14. The summed E-state index contributed by atoms with van der Waals surface area (Å²) >= 11 is 0. The van der Waals surface area contributed by atoms with Gasteiger partial charge in [0.05, 0.1) is 18.2 Å². The molecule has 0 unspecified atom stereocenters. The largest absolute Gasteiger partial charge is 0.329 e. The van der Waals surface area contributed by atoms with E-state index >= 15 is 0 Å². The van der Waals surface area contributed by atoms with Crippen molar-refractivity contribution < 1.29 is 0 Å². The van der Waals surface area contributed by atoms with Crippen LogP contribution in [0.2, 0.25) is 0 Å². The summed E-state index contributed by atoms with van der Waals surface area (Å²) in [4.78, 5) is 8.36. The third-order valence-corrected chi connectivity index (χ3v) is 3.50. The standard InChI is InChI=1S/C13H16N4/c14-13(4-2-5-13)9-17-10-16-8-12(17)11-3-1-6-15-7-11/h1,3,6-8,10H,2,4-5,9,14H2. The van der Waals surface area contributed by atoms with Crippen LogP contribution < -0.4 is 5.73 Å². The minimum Gasteiger partial charge on any atom is -0.329 e. The first-order chi connectivity index (χ1) is 8.27. The Morgan fingerprint density at radius 2 is 2.18 bits per heavy atom. The predicted octanol–water partition coefficient (Wildman–Crippen LogP) is 1.83. The predicted molar refractivity (Wildman–Crippen MR) is 66.2 cm³/mol. The fourth-order valence-corrected chi connectivity index (χ4v) is 2.33. The van der Waals surface area contributed by atoms with Crippen LogP contribution >= 0.6 is 0 Å². The first-order valence-electron chi connectivity index (χ1n) is 5.96. The summed E-state index contributed by atoms with van der Waals surface area (Å²) in [5, 5.41) is 0. The fourth-order valence-electron chi connectivity index (χ4n) is 2.33. The van der Waals surface area contributed by atoms with Gasteiger partial charge in [0.1, 0.15) is 0 Å². The molecule has 1 aliphatic carbocycles. The molecule has 0 amide bonds. The van der Waals surface area contributed by atoms with Crippen molar-refractivity contribution in [3.05, 3.63) is 37.1 Å². The Morgan fingerprint density at radius 1 is 1.29 bits per heavy atom. The lowest BCUT2D eigenvalue weighted by atomic mass is 9.77. The van der Waals surface area contributed by atoms with E-state index in [4.69, 9.17) is 5.73 Å². The van der Waals surface area contributed by atoms with E-state index in [0.29, 0.717) is 0 Å². The molecule has 1 aliphatic rings. The number of nitrogens with zero attached hydrogens (tertiary/aromatic N) is 3. The summed E-state index contributed by atoms with van der Waals surface area (Å²) in [6, 6.07) is 3.98. The van der Waals surface area contributed by atoms with Crippen LogP contribution in [0.25, 0.3) is 11.3 Å². The summed E-state index contributed by atoms with van der Waals surface area (Å²) in [6.45, 7) is 0.844. The summed E-state index contributed by atoms with van der Waals surface area (Å²) in [5.74, 6) is 0. The van der Waals surface area contributed by atoms with Gasteiger partial charge in [-0.2, -0.15) is 0 Å². The molecular weight excluding hydrogens is 212 g/mol. The van der Waals surface area contributed by atoms with Crippen molar-refractivity contribution in [2.45, 2.75) is 31.3 Å². The van der Waals surface area contributed by atoms with Gasteiger partial charge in [0.15, 0.2) is 0 Å². The molecule has 2 N–H and O–H groups in total. The zero-order chi connectivity index (χ0) is 11.7. The van der Waals surface area contributed by atoms with Gasteiger partial charge < -0.3 is 10.3 Å². The molecular formula is C13H16N4. The summed E-state index contributed by atoms with van der Waals surface area (Å²) in [7, 11) is 0. The highest BCUT2D eigenvalue weighted by Gasteiger charge is 2.33. The van der Waals surface area contributed by atoms with Crippen LogP contribution in [-0.2, 0) is 6.54 Å². The smallest absolute Gasteiger partial charge is 0.0951 e. The molecule has 1 fully saturated rings. The van der Waals surface area contributed by atoms with Crippen molar-refractivity contribution in [3.63, 3.8) is 0 Å². The monoisotopic (exact) mass is 228 g/mol. The second kappa shape index (κ2) is 3.96. The third kappa shape index (κ3) is 1.96. The maximum atomic E-state index is 6.28. The Labute approximate surface area is 101 Å². The third-order valence-electron chi connectivity index (χ3n) is 3.50. The van der Waals surface area contributed by atoms with Gasteiger partial charge >= 0.3 is 0 Å². The van der Waals surface area contributed by atoms with Crippen molar-refractivity contribution in [1.29, 1.82) is 0 Å². The average Bonchev–Trinajstić information content (AvgIpc) is 2.76. The van der Waals surface area contributed by atoms with E-state index in [1.165, 1.54) is 6.42 Å². The zero-order valence-corrected chi connectivity index (χ0v) is 9.71. The molecule has 0 aromatic carbocycles. The highest BCUT2D eigenvalue weighted by Crippen LogP contribution is 2.32. The number of aromatic nitrogens is 3. The zero-order valence-electron chi connectivity index (χ0n) is 9.71. The second-order valence-corrected chi connectivity index (χ2v) is 4.86. The first kappa shape index (κ1) is 10.5. The average molecular weight is 228 g/mol. The van der Waals surface area contributed by atoms with Crippen molar-refractivity contribution >= 4 is 0 Å². The molecule has 0 atom stereocenters. The second-order valence-electron chi connectivity index (χ2n) is 4.86. The Balaban J connectivity index is 1.89. The Morgan fingerprint density at radius 3 is 2.82 bits per heavy atom. The van der Waals surface area contributed by atoms with Crippen LogP contribution in [0, 0.1) is 0 Å². The van der Waals surface area contributed by atoms with Gasteiger partial charge in [-0.15, -0.1) is 0 Å². The molecule has 17 heavy (non-hydrogen) atoms. The van der Waals surface area contributed by atoms with E-state index in [-0.39, 0.29) is 5.54 Å². The van der Waals surface area contributed by atoms with E-state index < -0.39 is 0 Å². The van der Waals surface area contributed by atoms with Gasteiger partial charge in [-0.1, -0.05) is 0 Å². The molecule has 0 bridgehead atoms. The Hall–Kier alpha value is -1.68. The van der Waals surface area contributed by atoms with Crippen molar-refractivity contribution in [3.8, 4) is 11.3 Å². The maximum absolute atomic E-state index is 6.28. The molecule has 1 saturated carbocycles. The van der Waals surface area contributed by atoms with E-state index in [1.807, 2.05) is 30.9 Å². The molecule has 4 nitrogen and oxygen atoms in total. The van der Waals surface area contributed by atoms with E-state index in [2.05, 4.69) is 14.5 Å². The molecule has 2 aromatic heterocycles. The number of imidazole rings is 1. The molecule has 2 heterocycles. The molecule has 3 rings (SSSR count). The lowest BCUT2D eigenvalue weighted by Gasteiger charge is -2.38. The van der Waals surface area contributed by atoms with Gasteiger partial charge in [0.2, 0.25) is 0 Å². The molecule has 4 heteroatoms. The van der Waals surface area contributed by atoms with Crippen LogP contribution in [0.3, 0.4) is 0 Å². The summed E-state index contributed by atoms with van der Waals surface area (Å²) in [5.41, 5.74) is 8.43. The molecule has 88 valence electrons. The molecule has 0 radical (unpaired) electrons. The topological polar surface area (TPSA) is 56.7 Å². The van der Waals surface area contributed by atoms with E-state index in [9.17, 15) is 0 Å². The SMILES string of the molecule is NC1(Cn2cncc2-c2cccnc2)CCC1. The van der Waals surface area contributed by atoms with Crippen LogP contribution in [-0.4, -0.2) is 20.1 Å². The van der Waals surface area contributed by atoms with Gasteiger partial charge in [-0.25, -0.2) is 4.98 Å². The highest BCUT2D eigenvalue weighted by atomic mass is 15.1. The molecule has 2 aromatic rings. The number of pyridine rings is 1. The van der Waals surface area contributed by atoms with Gasteiger partial charge in [0, 0.05) is 30.0 Å². The van der Waals surface area contributed by atoms with Crippen molar-refractivity contribution in [2.75, 3.05) is 0 Å². The normalized spacial score (nSPS) is 17.7. The number of rotatable bonds is 3. The Bertz CT molecular complexity index is 499. The van der Waals surface area contributed by atoms with Crippen molar-refractivity contribution in [2.24, 2.45) is 5.73 Å². The van der Waals surface area contributed by atoms with E-state index in [0.717, 1.165) is 30.6 Å². The van der Waals surface area contributed by atoms with Gasteiger partial charge in [-0.05, 0) is 31.4 Å². The summed E-state index contributed by atoms with van der Waals surface area (Å²) in [6.07, 6.45) is 10.8. The molecule has 0 spiro atoms. The number of hydrogen-bond donors (Lipinski definition) is 1. The highest BCUT2D eigenvalue weighted by molar-refractivity contribution is 5.57. The number of hydrogen-bond acceptors (Lipinski definition) is 3. The lowest BCUT2D eigenvalue weighted by Crippen LogP contribution is -2.49. The van der Waals surface area contributed by atoms with Crippen LogP contribution in [0.1, 0.15) is 19.3 Å². The fraction of sp³-hybridized carbons (Fsp3) is 0.385. The lowest BCUT2D eigenvalue weighted by molar-refractivity contribution is 0.216. The quantitative estimate of drug-likeness (QED) is 0.871. The van der Waals surface area contributed by atoms with Crippen LogP contribution in [0.5, 0.6) is 0 Å². The first-order valence-corrected chi connectivity index (χ1v) is 5.96. The maximum Gasteiger partial charge on any atom is 0.0951 e. The minimum absolute atomic E-state index is 0.0301. The number of nitrogens with two attached hydrogens (primary N) is 1. The van der Waals surface area contributed by atoms with E-state index in [1.54, 1.807) is 6.20 Å².